The van der Waals surface area contributed by atoms with E-state index in [2.05, 4.69) is 15.2 Å². The summed E-state index contributed by atoms with van der Waals surface area (Å²) in [4.78, 5) is 29.3. The van der Waals surface area contributed by atoms with Gasteiger partial charge in [0.15, 0.2) is 0 Å². The lowest BCUT2D eigenvalue weighted by molar-refractivity contribution is -0.134. The molecule has 1 fully saturated rings. The fourth-order valence-corrected chi connectivity index (χ4v) is 2.63. The summed E-state index contributed by atoms with van der Waals surface area (Å²) in [5.41, 5.74) is 0. The van der Waals surface area contributed by atoms with E-state index in [-0.39, 0.29) is 30.7 Å². The van der Waals surface area contributed by atoms with Crippen LogP contribution in [0.4, 0.5) is 8.78 Å². The molecule has 0 saturated carbocycles. The van der Waals surface area contributed by atoms with Gasteiger partial charge in [-0.15, -0.1) is 5.10 Å². The van der Waals surface area contributed by atoms with Gasteiger partial charge in [0.2, 0.25) is 11.8 Å². The van der Waals surface area contributed by atoms with Crippen LogP contribution in [0.3, 0.4) is 0 Å². The first-order valence-corrected chi connectivity index (χ1v) is 8.05. The second kappa shape index (κ2) is 7.67. The van der Waals surface area contributed by atoms with Crippen LogP contribution in [0.5, 0.6) is 0 Å². The molecule has 1 N–H and O–H groups in total. The fraction of sp³-hybridized carbons (Fsp3) is 0.733. The number of alkyl halides is 2. The van der Waals surface area contributed by atoms with E-state index in [0.29, 0.717) is 31.8 Å². The highest BCUT2D eigenvalue weighted by Gasteiger charge is 2.29. The van der Waals surface area contributed by atoms with E-state index < -0.39 is 18.3 Å². The smallest absolute Gasteiger partial charge is 0.378 e. The van der Waals surface area contributed by atoms with E-state index in [1.54, 1.807) is 11.8 Å². The molecule has 1 amide bonds. The van der Waals surface area contributed by atoms with Crippen LogP contribution in [0.2, 0.25) is 0 Å². The predicted molar refractivity (Wildman–Crippen MR) is 80.7 cm³/mol. The highest BCUT2D eigenvalue weighted by molar-refractivity contribution is 5.84. The number of nitrogens with zero attached hydrogens (tertiary/aromatic N) is 3. The Kier molecular flexibility index (Phi) is 5.84. The minimum atomic E-state index is -2.82. The molecular weight excluding hydrogens is 322 g/mol. The SMILES string of the molecule is CCOC(=O)c1n[nH]c(C2CCN(C(=O)CCC(C)(F)F)CC2)n1. The van der Waals surface area contributed by atoms with Crippen LogP contribution in [-0.4, -0.2) is 57.6 Å². The summed E-state index contributed by atoms with van der Waals surface area (Å²) in [6.07, 6.45) is 0.706. The third kappa shape index (κ3) is 4.97. The van der Waals surface area contributed by atoms with E-state index in [1.807, 2.05) is 0 Å². The third-order valence-electron chi connectivity index (χ3n) is 3.97. The summed E-state index contributed by atoms with van der Waals surface area (Å²) < 4.78 is 30.5. The molecule has 1 aromatic rings. The van der Waals surface area contributed by atoms with Gasteiger partial charge in [-0.3, -0.25) is 9.89 Å². The Morgan fingerprint density at radius 2 is 2.04 bits per heavy atom. The maximum atomic E-state index is 12.8. The normalized spacial score (nSPS) is 16.2. The number of nitrogens with one attached hydrogen (secondary N) is 1. The molecule has 0 bridgehead atoms. The Morgan fingerprint density at radius 3 is 2.62 bits per heavy atom. The van der Waals surface area contributed by atoms with Crippen molar-refractivity contribution in [2.24, 2.45) is 0 Å². The summed E-state index contributed by atoms with van der Waals surface area (Å²) in [7, 11) is 0. The molecule has 0 aliphatic carbocycles. The van der Waals surface area contributed by atoms with Crippen LogP contribution >= 0.6 is 0 Å². The molecule has 1 saturated heterocycles. The summed E-state index contributed by atoms with van der Waals surface area (Å²) >= 11 is 0. The molecule has 0 atom stereocenters. The van der Waals surface area contributed by atoms with Gasteiger partial charge in [0.05, 0.1) is 6.61 Å². The number of ether oxygens (including phenoxy) is 1. The molecule has 134 valence electrons. The van der Waals surface area contributed by atoms with Crippen LogP contribution in [0.1, 0.15) is 61.9 Å². The highest BCUT2D eigenvalue weighted by Crippen LogP contribution is 2.27. The largest absolute Gasteiger partial charge is 0.460 e. The number of aromatic nitrogens is 3. The first-order chi connectivity index (χ1) is 11.3. The number of hydrogen-bond acceptors (Lipinski definition) is 5. The molecule has 7 nitrogen and oxygen atoms in total. The lowest BCUT2D eigenvalue weighted by Gasteiger charge is -2.31. The van der Waals surface area contributed by atoms with Gasteiger partial charge in [-0.05, 0) is 26.7 Å². The second-order valence-electron chi connectivity index (χ2n) is 5.99. The van der Waals surface area contributed by atoms with Crippen molar-refractivity contribution in [2.75, 3.05) is 19.7 Å². The zero-order chi connectivity index (χ0) is 17.7. The summed E-state index contributed by atoms with van der Waals surface area (Å²) in [6.45, 7) is 3.73. The van der Waals surface area contributed by atoms with Gasteiger partial charge in [0.25, 0.3) is 5.82 Å². The minimum absolute atomic E-state index is 0.00414. The average molecular weight is 344 g/mol. The molecular formula is C15H22F2N4O3. The first kappa shape index (κ1) is 18.3. The second-order valence-corrected chi connectivity index (χ2v) is 5.99. The first-order valence-electron chi connectivity index (χ1n) is 8.05. The monoisotopic (exact) mass is 344 g/mol. The highest BCUT2D eigenvalue weighted by atomic mass is 19.3. The molecule has 0 aromatic carbocycles. The summed E-state index contributed by atoms with van der Waals surface area (Å²) in [6, 6.07) is 0. The van der Waals surface area contributed by atoms with Crippen molar-refractivity contribution in [3.63, 3.8) is 0 Å². The van der Waals surface area contributed by atoms with Crippen LogP contribution in [0.25, 0.3) is 0 Å². The zero-order valence-corrected chi connectivity index (χ0v) is 13.8. The van der Waals surface area contributed by atoms with Crippen molar-refractivity contribution in [3.05, 3.63) is 11.6 Å². The molecule has 1 aliphatic rings. The summed E-state index contributed by atoms with van der Waals surface area (Å²) in [5.74, 6) is -3.01. The van der Waals surface area contributed by atoms with Gasteiger partial charge < -0.3 is 9.64 Å². The van der Waals surface area contributed by atoms with E-state index >= 15 is 0 Å². The topological polar surface area (TPSA) is 88.2 Å². The number of esters is 1. The predicted octanol–water partition coefficient (Wildman–Crippen LogP) is 2.12. The standard InChI is InChI=1S/C15H22F2N4O3/c1-3-24-14(23)13-18-12(19-20-13)10-5-8-21(9-6-10)11(22)4-7-15(2,16)17/h10H,3-9H2,1-2H3,(H,18,19,20). The van der Waals surface area contributed by atoms with Gasteiger partial charge in [0, 0.05) is 31.8 Å². The molecule has 2 rings (SSSR count). The molecule has 0 radical (unpaired) electrons. The number of rotatable bonds is 6. The maximum absolute atomic E-state index is 12.8. The molecule has 2 heterocycles. The molecule has 0 spiro atoms. The Hall–Kier alpha value is -2.06. The van der Waals surface area contributed by atoms with Crippen molar-refractivity contribution in [3.8, 4) is 0 Å². The van der Waals surface area contributed by atoms with Gasteiger partial charge in [-0.1, -0.05) is 0 Å². The van der Waals surface area contributed by atoms with Gasteiger partial charge in [-0.25, -0.2) is 18.6 Å². The molecule has 1 aromatic heterocycles. The van der Waals surface area contributed by atoms with Crippen LogP contribution in [-0.2, 0) is 9.53 Å². The zero-order valence-electron chi connectivity index (χ0n) is 13.8. The number of carbonyl (C=O) groups excluding carboxylic acids is 2. The fourth-order valence-electron chi connectivity index (χ4n) is 2.63. The number of H-pyrrole nitrogens is 1. The maximum Gasteiger partial charge on any atom is 0.378 e. The Labute approximate surface area is 138 Å². The summed E-state index contributed by atoms with van der Waals surface area (Å²) in [5, 5.41) is 6.59. The number of likely N-dealkylation sites (tertiary alicyclic amines) is 1. The Morgan fingerprint density at radius 1 is 1.38 bits per heavy atom. The van der Waals surface area contributed by atoms with E-state index in [4.69, 9.17) is 4.74 Å². The number of carbonyl (C=O) groups is 2. The van der Waals surface area contributed by atoms with Gasteiger partial charge in [0.1, 0.15) is 5.82 Å². The Balaban J connectivity index is 1.84. The Bertz CT molecular complexity index is 578. The third-order valence-corrected chi connectivity index (χ3v) is 3.97. The van der Waals surface area contributed by atoms with Crippen molar-refractivity contribution in [1.29, 1.82) is 0 Å². The van der Waals surface area contributed by atoms with Crippen molar-refractivity contribution in [1.82, 2.24) is 20.1 Å². The van der Waals surface area contributed by atoms with Gasteiger partial charge >= 0.3 is 5.97 Å². The van der Waals surface area contributed by atoms with Crippen molar-refractivity contribution >= 4 is 11.9 Å². The number of halogens is 2. The van der Waals surface area contributed by atoms with E-state index in [1.165, 1.54) is 0 Å². The number of amides is 1. The molecule has 1 aliphatic heterocycles. The van der Waals surface area contributed by atoms with Crippen molar-refractivity contribution < 1.29 is 23.1 Å². The number of piperidine rings is 1. The quantitative estimate of drug-likeness (QED) is 0.799. The van der Waals surface area contributed by atoms with Gasteiger partial charge in [-0.2, -0.15) is 0 Å². The molecule has 9 heteroatoms. The van der Waals surface area contributed by atoms with E-state index in [9.17, 15) is 18.4 Å². The van der Waals surface area contributed by atoms with E-state index in [0.717, 1.165) is 6.92 Å². The average Bonchev–Trinajstić information content (AvgIpc) is 3.02. The number of aromatic amines is 1. The van der Waals surface area contributed by atoms with Crippen LogP contribution < -0.4 is 0 Å². The minimum Gasteiger partial charge on any atom is -0.460 e. The lowest BCUT2D eigenvalue weighted by atomic mass is 9.96. The van der Waals surface area contributed by atoms with Crippen LogP contribution in [0.15, 0.2) is 0 Å². The number of hydrogen-bond donors (Lipinski definition) is 1. The molecule has 0 unspecified atom stereocenters. The van der Waals surface area contributed by atoms with Crippen LogP contribution in [0, 0.1) is 0 Å². The van der Waals surface area contributed by atoms with Crippen molar-refractivity contribution in [2.45, 2.75) is 51.4 Å². The molecule has 24 heavy (non-hydrogen) atoms. The lowest BCUT2D eigenvalue weighted by Crippen LogP contribution is -2.38.